The summed E-state index contributed by atoms with van der Waals surface area (Å²) in [6.07, 6.45) is 1.57. The van der Waals surface area contributed by atoms with Crippen molar-refractivity contribution in [1.82, 2.24) is 5.32 Å². The second kappa shape index (κ2) is 6.53. The topological polar surface area (TPSA) is 38.3 Å². The quantitative estimate of drug-likeness (QED) is 0.758. The number of thiol groups is 1. The van der Waals surface area contributed by atoms with Crippen LogP contribution in [0.25, 0.3) is 0 Å². The lowest BCUT2D eigenvalue weighted by Gasteiger charge is -2.32. The molecule has 4 heteroatoms. The van der Waals surface area contributed by atoms with Gasteiger partial charge < -0.3 is 10.1 Å². The molecule has 0 aliphatic carbocycles. The van der Waals surface area contributed by atoms with Crippen LogP contribution in [0.5, 0.6) is 0 Å². The van der Waals surface area contributed by atoms with Gasteiger partial charge >= 0.3 is 6.09 Å². The number of rotatable bonds is 4. The number of alkyl carbamates (subject to hydrolysis) is 1. The van der Waals surface area contributed by atoms with E-state index < -0.39 is 5.60 Å². The first-order valence-corrected chi connectivity index (χ1v) is 6.80. The van der Waals surface area contributed by atoms with E-state index in [9.17, 15) is 4.79 Å². The molecule has 0 aromatic carbocycles. The lowest BCUT2D eigenvalue weighted by molar-refractivity contribution is 0.0459. The van der Waals surface area contributed by atoms with E-state index in [0.717, 1.165) is 18.6 Å². The maximum atomic E-state index is 11.7. The van der Waals surface area contributed by atoms with Crippen LogP contribution in [0.4, 0.5) is 4.79 Å². The highest BCUT2D eigenvalue weighted by Gasteiger charge is 2.27. The van der Waals surface area contributed by atoms with Gasteiger partial charge in [0.2, 0.25) is 0 Å². The summed E-state index contributed by atoms with van der Waals surface area (Å²) < 4.78 is 5.27. The van der Waals surface area contributed by atoms with E-state index in [-0.39, 0.29) is 17.6 Å². The lowest BCUT2D eigenvalue weighted by atomic mass is 9.84. The van der Waals surface area contributed by atoms with Crippen LogP contribution in [0, 0.1) is 5.41 Å². The Balaban J connectivity index is 4.39. The molecule has 0 saturated heterocycles. The largest absolute Gasteiger partial charge is 0.444 e. The molecule has 0 saturated carbocycles. The van der Waals surface area contributed by atoms with Gasteiger partial charge in [-0.05, 0) is 44.8 Å². The molecule has 0 spiro atoms. The summed E-state index contributed by atoms with van der Waals surface area (Å²) in [4.78, 5) is 11.7. The van der Waals surface area contributed by atoms with E-state index in [4.69, 9.17) is 4.74 Å². The van der Waals surface area contributed by atoms with Crippen LogP contribution in [0.2, 0.25) is 0 Å². The molecule has 0 radical (unpaired) electrons. The Kier molecular flexibility index (Phi) is 6.38. The van der Waals surface area contributed by atoms with Gasteiger partial charge in [-0.25, -0.2) is 4.79 Å². The zero-order valence-electron chi connectivity index (χ0n) is 12.0. The molecule has 0 heterocycles. The number of carbonyl (C=O) groups is 1. The third-order valence-electron chi connectivity index (χ3n) is 2.39. The molecule has 0 aliphatic rings. The van der Waals surface area contributed by atoms with Gasteiger partial charge in [-0.2, -0.15) is 12.6 Å². The number of carbonyl (C=O) groups excluding carboxylic acids is 1. The minimum absolute atomic E-state index is 0.0276. The average Bonchev–Trinajstić information content (AvgIpc) is 2.07. The monoisotopic (exact) mass is 261 g/mol. The van der Waals surface area contributed by atoms with Crippen LogP contribution in [0.3, 0.4) is 0 Å². The van der Waals surface area contributed by atoms with Gasteiger partial charge in [-0.15, -0.1) is 0 Å². The smallest absolute Gasteiger partial charge is 0.407 e. The minimum atomic E-state index is -0.448. The Morgan fingerprint density at radius 2 is 1.76 bits per heavy atom. The van der Waals surface area contributed by atoms with Crippen molar-refractivity contribution in [2.24, 2.45) is 5.41 Å². The van der Waals surface area contributed by atoms with Crippen molar-refractivity contribution in [3.8, 4) is 0 Å². The summed E-state index contributed by atoms with van der Waals surface area (Å²) in [6.45, 7) is 12.0. The highest BCUT2D eigenvalue weighted by atomic mass is 32.1. The fourth-order valence-electron chi connectivity index (χ4n) is 1.47. The lowest BCUT2D eigenvalue weighted by Crippen LogP contribution is -2.45. The number of ether oxygens (including phenoxy) is 1. The molecule has 17 heavy (non-hydrogen) atoms. The van der Waals surface area contributed by atoms with E-state index in [0.29, 0.717) is 0 Å². The molecule has 0 fully saturated rings. The molecule has 1 N–H and O–H groups in total. The number of hydrogen-bond acceptors (Lipinski definition) is 3. The van der Waals surface area contributed by atoms with Crippen molar-refractivity contribution < 1.29 is 9.53 Å². The van der Waals surface area contributed by atoms with Crippen LogP contribution < -0.4 is 5.32 Å². The van der Waals surface area contributed by atoms with E-state index >= 15 is 0 Å². The predicted molar refractivity (Wildman–Crippen MR) is 75.7 cm³/mol. The average molecular weight is 261 g/mol. The van der Waals surface area contributed by atoms with Crippen LogP contribution >= 0.6 is 12.6 Å². The van der Waals surface area contributed by atoms with Gasteiger partial charge in [0, 0.05) is 6.04 Å². The van der Waals surface area contributed by atoms with E-state index in [1.165, 1.54) is 0 Å². The summed E-state index contributed by atoms with van der Waals surface area (Å²) in [5, 5.41) is 2.95. The normalized spacial score (nSPS) is 14.3. The first-order chi connectivity index (χ1) is 7.56. The summed E-state index contributed by atoms with van der Waals surface area (Å²) in [6, 6.07) is 0.115. The molecule has 1 atom stereocenters. The first-order valence-electron chi connectivity index (χ1n) is 6.16. The molecule has 0 aromatic rings. The Hall–Kier alpha value is -0.380. The molecule has 0 aromatic heterocycles. The molecule has 3 nitrogen and oxygen atoms in total. The van der Waals surface area contributed by atoms with Crippen molar-refractivity contribution in [1.29, 1.82) is 0 Å². The first kappa shape index (κ1) is 16.6. The van der Waals surface area contributed by atoms with E-state index in [1.54, 1.807) is 0 Å². The number of amides is 1. The van der Waals surface area contributed by atoms with Crippen molar-refractivity contribution >= 4 is 18.7 Å². The van der Waals surface area contributed by atoms with Crippen LogP contribution in [-0.4, -0.2) is 23.5 Å². The molecule has 1 amide bonds. The fraction of sp³-hybridized carbons (Fsp3) is 0.923. The van der Waals surface area contributed by atoms with Crippen LogP contribution in [-0.2, 0) is 4.74 Å². The molecule has 102 valence electrons. The zero-order valence-corrected chi connectivity index (χ0v) is 12.9. The van der Waals surface area contributed by atoms with Crippen LogP contribution in [0.1, 0.15) is 54.4 Å². The molecular formula is C13H27NO2S. The van der Waals surface area contributed by atoms with E-state index in [2.05, 4.69) is 38.7 Å². The molecular weight excluding hydrogens is 234 g/mol. The predicted octanol–water partition coefficient (Wildman–Crippen LogP) is 3.64. The second-order valence-corrected chi connectivity index (χ2v) is 6.88. The van der Waals surface area contributed by atoms with Gasteiger partial charge in [0.05, 0.1) is 0 Å². The third kappa shape index (κ3) is 8.36. The second-order valence-electron chi connectivity index (χ2n) is 6.43. The van der Waals surface area contributed by atoms with E-state index in [1.807, 2.05) is 20.8 Å². The number of hydrogen-bond donors (Lipinski definition) is 2. The maximum Gasteiger partial charge on any atom is 0.407 e. The van der Waals surface area contributed by atoms with Gasteiger partial charge in [-0.3, -0.25) is 0 Å². The summed E-state index contributed by atoms with van der Waals surface area (Å²) in [5.41, 5.74) is -0.421. The Bertz CT molecular complexity index is 241. The summed E-state index contributed by atoms with van der Waals surface area (Å²) in [7, 11) is 0. The maximum absolute atomic E-state index is 11.7. The highest BCUT2D eigenvalue weighted by Crippen LogP contribution is 2.23. The van der Waals surface area contributed by atoms with Crippen molar-refractivity contribution in [3.63, 3.8) is 0 Å². The third-order valence-corrected chi connectivity index (χ3v) is 2.70. The molecule has 0 aliphatic heterocycles. The van der Waals surface area contributed by atoms with Crippen molar-refractivity contribution in [2.45, 2.75) is 66.0 Å². The summed E-state index contributed by atoms with van der Waals surface area (Å²) >= 11 is 4.21. The molecule has 0 rings (SSSR count). The van der Waals surface area contributed by atoms with Crippen molar-refractivity contribution in [3.05, 3.63) is 0 Å². The number of nitrogens with one attached hydrogen (secondary N) is 1. The molecule has 1 unspecified atom stereocenters. The summed E-state index contributed by atoms with van der Waals surface area (Å²) in [5.74, 6) is 0.836. The minimum Gasteiger partial charge on any atom is -0.444 e. The fourth-order valence-corrected chi connectivity index (χ4v) is 1.65. The Labute approximate surface area is 111 Å². The van der Waals surface area contributed by atoms with Gasteiger partial charge in [0.1, 0.15) is 5.60 Å². The Morgan fingerprint density at radius 1 is 1.24 bits per heavy atom. The standard InChI is InChI=1S/C13H27NO2S/c1-12(2,3)10(8-7-9-17)14-11(15)16-13(4,5)6/h10,17H,7-9H2,1-6H3,(H,14,15). The zero-order chi connectivity index (χ0) is 13.7. The van der Waals surface area contributed by atoms with Gasteiger partial charge in [-0.1, -0.05) is 20.8 Å². The SMILES string of the molecule is CC(C)(C)OC(=O)NC(CCCS)C(C)(C)C. The van der Waals surface area contributed by atoms with Gasteiger partial charge in [0.15, 0.2) is 0 Å². The molecule has 0 bridgehead atoms. The van der Waals surface area contributed by atoms with Crippen LogP contribution in [0.15, 0.2) is 0 Å². The Morgan fingerprint density at radius 3 is 2.12 bits per heavy atom. The van der Waals surface area contributed by atoms with Crippen molar-refractivity contribution in [2.75, 3.05) is 5.75 Å². The van der Waals surface area contributed by atoms with Gasteiger partial charge in [0.25, 0.3) is 0 Å². The highest BCUT2D eigenvalue weighted by molar-refractivity contribution is 7.80.